The van der Waals surface area contributed by atoms with E-state index in [1.807, 2.05) is 29.2 Å². The molecule has 1 saturated heterocycles. The van der Waals surface area contributed by atoms with E-state index in [2.05, 4.69) is 9.97 Å². The van der Waals surface area contributed by atoms with Gasteiger partial charge in [-0.1, -0.05) is 12.1 Å². The molecule has 30 heavy (non-hydrogen) atoms. The first-order valence-electron chi connectivity index (χ1n) is 9.81. The fraction of sp³-hybridized carbons (Fsp3) is 0.227. The van der Waals surface area contributed by atoms with Crippen LogP contribution < -0.4 is 0 Å². The van der Waals surface area contributed by atoms with Gasteiger partial charge in [-0.15, -0.1) is 0 Å². The SMILES string of the molecule is O=C(c1c[nH]c(=S)n1-c1ccc(F)cc1)N1CCC(c2nc3ccccc3o2)CC1. The van der Waals surface area contributed by atoms with Gasteiger partial charge in [0.1, 0.15) is 17.0 Å². The van der Waals surface area contributed by atoms with Crippen molar-refractivity contribution in [2.45, 2.75) is 18.8 Å². The van der Waals surface area contributed by atoms with E-state index in [1.54, 1.807) is 22.9 Å². The highest BCUT2D eigenvalue weighted by Gasteiger charge is 2.29. The summed E-state index contributed by atoms with van der Waals surface area (Å²) in [4.78, 5) is 22.5. The number of H-pyrrole nitrogens is 1. The molecule has 8 heteroatoms. The van der Waals surface area contributed by atoms with Gasteiger partial charge in [-0.25, -0.2) is 9.37 Å². The van der Waals surface area contributed by atoms with E-state index in [0.29, 0.717) is 29.2 Å². The van der Waals surface area contributed by atoms with Crippen molar-refractivity contribution in [3.63, 3.8) is 0 Å². The van der Waals surface area contributed by atoms with Gasteiger partial charge in [0.15, 0.2) is 16.2 Å². The number of carbonyl (C=O) groups excluding carboxylic acids is 1. The molecule has 2 aromatic heterocycles. The average Bonchev–Trinajstić information content (AvgIpc) is 3.38. The smallest absolute Gasteiger partial charge is 0.272 e. The van der Waals surface area contributed by atoms with Crippen LogP contribution in [0, 0.1) is 10.6 Å². The molecule has 5 rings (SSSR count). The van der Waals surface area contributed by atoms with Crippen molar-refractivity contribution in [2.75, 3.05) is 13.1 Å². The van der Waals surface area contributed by atoms with Crippen molar-refractivity contribution in [1.82, 2.24) is 19.4 Å². The summed E-state index contributed by atoms with van der Waals surface area (Å²) < 4.78 is 21.2. The predicted molar refractivity (Wildman–Crippen MR) is 113 cm³/mol. The zero-order chi connectivity index (χ0) is 20.7. The van der Waals surface area contributed by atoms with Crippen LogP contribution in [0.5, 0.6) is 0 Å². The van der Waals surface area contributed by atoms with Gasteiger partial charge in [0, 0.05) is 30.9 Å². The molecule has 152 valence electrons. The number of oxazole rings is 1. The molecule has 4 aromatic rings. The minimum atomic E-state index is -0.338. The molecule has 1 aliphatic rings. The molecule has 2 aromatic carbocycles. The third-order valence-corrected chi connectivity index (χ3v) is 5.82. The number of halogens is 1. The zero-order valence-corrected chi connectivity index (χ0v) is 16.9. The van der Waals surface area contributed by atoms with E-state index >= 15 is 0 Å². The minimum Gasteiger partial charge on any atom is -0.440 e. The first-order valence-corrected chi connectivity index (χ1v) is 10.2. The monoisotopic (exact) mass is 422 g/mol. The van der Waals surface area contributed by atoms with Crippen molar-refractivity contribution in [3.8, 4) is 5.69 Å². The van der Waals surface area contributed by atoms with E-state index in [9.17, 15) is 9.18 Å². The second-order valence-corrected chi connectivity index (χ2v) is 7.76. The van der Waals surface area contributed by atoms with Crippen molar-refractivity contribution in [1.29, 1.82) is 0 Å². The second-order valence-electron chi connectivity index (χ2n) is 7.38. The number of carbonyl (C=O) groups is 1. The number of amides is 1. The molecule has 3 heterocycles. The van der Waals surface area contributed by atoms with Crippen LogP contribution in [0.3, 0.4) is 0 Å². The molecule has 1 fully saturated rings. The Balaban J connectivity index is 1.34. The van der Waals surface area contributed by atoms with E-state index in [4.69, 9.17) is 16.6 Å². The number of likely N-dealkylation sites (tertiary alicyclic amines) is 1. The molecule has 0 unspecified atom stereocenters. The summed E-state index contributed by atoms with van der Waals surface area (Å²) in [5.41, 5.74) is 2.73. The highest BCUT2D eigenvalue weighted by Crippen LogP contribution is 2.30. The first-order chi connectivity index (χ1) is 14.6. The number of hydrogen-bond donors (Lipinski definition) is 1. The molecule has 0 bridgehead atoms. The van der Waals surface area contributed by atoms with Gasteiger partial charge in [-0.2, -0.15) is 0 Å². The Labute approximate surface area is 177 Å². The van der Waals surface area contributed by atoms with Gasteiger partial charge in [0.05, 0.1) is 0 Å². The summed E-state index contributed by atoms with van der Waals surface area (Å²) in [5.74, 6) is 0.475. The summed E-state index contributed by atoms with van der Waals surface area (Å²) in [6, 6.07) is 13.6. The van der Waals surface area contributed by atoms with Crippen LogP contribution in [-0.2, 0) is 0 Å². The number of nitrogens with zero attached hydrogens (tertiary/aromatic N) is 3. The number of piperidine rings is 1. The van der Waals surface area contributed by atoms with E-state index < -0.39 is 0 Å². The number of rotatable bonds is 3. The molecule has 0 atom stereocenters. The molecule has 6 nitrogen and oxygen atoms in total. The van der Waals surface area contributed by atoms with Crippen LogP contribution in [0.2, 0.25) is 0 Å². The summed E-state index contributed by atoms with van der Waals surface area (Å²) in [5, 5.41) is 0. The normalized spacial score (nSPS) is 15.0. The maximum absolute atomic E-state index is 13.3. The number of aromatic nitrogens is 3. The highest BCUT2D eigenvalue weighted by atomic mass is 32.1. The Bertz CT molecular complexity index is 1230. The number of para-hydroxylation sites is 2. The Morgan fingerprint density at radius 2 is 1.87 bits per heavy atom. The fourth-order valence-corrected chi connectivity index (χ4v) is 4.19. The second kappa shape index (κ2) is 7.53. The average molecular weight is 422 g/mol. The molecule has 1 N–H and O–H groups in total. The van der Waals surface area contributed by atoms with Crippen molar-refractivity contribution in [2.24, 2.45) is 0 Å². The Morgan fingerprint density at radius 3 is 2.60 bits per heavy atom. The highest BCUT2D eigenvalue weighted by molar-refractivity contribution is 7.71. The third kappa shape index (κ3) is 3.33. The van der Waals surface area contributed by atoms with Gasteiger partial charge in [-0.3, -0.25) is 9.36 Å². The van der Waals surface area contributed by atoms with Crippen LogP contribution in [0.25, 0.3) is 16.8 Å². The van der Waals surface area contributed by atoms with Crippen molar-refractivity contribution < 1.29 is 13.6 Å². The van der Waals surface area contributed by atoms with Crippen molar-refractivity contribution >= 4 is 29.2 Å². The standard InChI is InChI=1S/C22H19FN4O2S/c23-15-5-7-16(8-6-15)27-18(13-24-22(27)30)21(28)26-11-9-14(10-12-26)20-25-17-3-1-2-4-19(17)29-20/h1-8,13-14H,9-12H2,(H,24,30). The Hall–Kier alpha value is -3.26. The first kappa shape index (κ1) is 18.7. The van der Waals surface area contributed by atoms with Gasteiger partial charge >= 0.3 is 0 Å². The maximum atomic E-state index is 13.3. The lowest BCUT2D eigenvalue weighted by atomic mass is 9.96. The van der Waals surface area contributed by atoms with Gasteiger partial charge in [0.2, 0.25) is 0 Å². The van der Waals surface area contributed by atoms with Gasteiger partial charge in [-0.05, 0) is 61.5 Å². The number of imidazole rings is 1. The summed E-state index contributed by atoms with van der Waals surface area (Å²) in [7, 11) is 0. The summed E-state index contributed by atoms with van der Waals surface area (Å²) >= 11 is 5.34. The molecular formula is C22H19FN4O2S. The van der Waals surface area contributed by atoms with Crippen LogP contribution in [0.1, 0.15) is 35.1 Å². The molecule has 0 radical (unpaired) electrons. The number of benzene rings is 2. The van der Waals surface area contributed by atoms with Crippen LogP contribution >= 0.6 is 12.2 Å². The fourth-order valence-electron chi connectivity index (χ4n) is 3.93. The third-order valence-electron chi connectivity index (χ3n) is 5.52. The zero-order valence-electron chi connectivity index (χ0n) is 16.0. The summed E-state index contributed by atoms with van der Waals surface area (Å²) in [6.07, 6.45) is 3.17. The minimum absolute atomic E-state index is 0.109. The lowest BCUT2D eigenvalue weighted by Gasteiger charge is -2.30. The molecule has 0 aliphatic carbocycles. The summed E-state index contributed by atoms with van der Waals surface area (Å²) in [6.45, 7) is 1.20. The van der Waals surface area contributed by atoms with E-state index in [0.717, 1.165) is 29.8 Å². The van der Waals surface area contributed by atoms with Crippen molar-refractivity contribution in [3.05, 3.63) is 76.9 Å². The largest absolute Gasteiger partial charge is 0.440 e. The lowest BCUT2D eigenvalue weighted by Crippen LogP contribution is -2.38. The number of hydrogen-bond acceptors (Lipinski definition) is 4. The topological polar surface area (TPSA) is 67.1 Å². The molecule has 1 aliphatic heterocycles. The quantitative estimate of drug-likeness (QED) is 0.480. The number of fused-ring (bicyclic) bond motifs is 1. The van der Waals surface area contributed by atoms with Crippen LogP contribution in [0.15, 0.2) is 59.1 Å². The van der Waals surface area contributed by atoms with Crippen LogP contribution in [0.4, 0.5) is 4.39 Å². The lowest BCUT2D eigenvalue weighted by molar-refractivity contribution is 0.0698. The molecule has 0 spiro atoms. The van der Waals surface area contributed by atoms with E-state index in [-0.39, 0.29) is 17.6 Å². The Morgan fingerprint density at radius 1 is 1.13 bits per heavy atom. The molecule has 1 amide bonds. The van der Waals surface area contributed by atoms with Gasteiger partial charge in [0.25, 0.3) is 5.91 Å². The number of aromatic amines is 1. The van der Waals surface area contributed by atoms with Gasteiger partial charge < -0.3 is 14.3 Å². The Kier molecular flexibility index (Phi) is 4.71. The maximum Gasteiger partial charge on any atom is 0.272 e. The van der Waals surface area contributed by atoms with E-state index in [1.165, 1.54) is 12.1 Å². The number of nitrogens with one attached hydrogen (secondary N) is 1. The van der Waals surface area contributed by atoms with Crippen LogP contribution in [-0.4, -0.2) is 38.4 Å². The molecule has 0 saturated carbocycles. The molecular weight excluding hydrogens is 403 g/mol. The predicted octanol–water partition coefficient (Wildman–Crippen LogP) is 4.83.